The molecule has 0 radical (unpaired) electrons. The maximum Gasteiger partial charge on any atom is 0.252 e. The summed E-state index contributed by atoms with van der Waals surface area (Å²) < 4.78 is 9.23. The van der Waals surface area contributed by atoms with E-state index in [-0.39, 0.29) is 0 Å². The van der Waals surface area contributed by atoms with Gasteiger partial charge in [-0.2, -0.15) is 0 Å². The van der Waals surface area contributed by atoms with Crippen LogP contribution in [-0.2, 0) is 0 Å². The minimum atomic E-state index is -0.750. The highest BCUT2D eigenvalue weighted by atomic mass is 35.6. The Morgan fingerprint density at radius 3 is 1.94 bits per heavy atom. The molecule has 0 aliphatic carbocycles. The van der Waals surface area contributed by atoms with E-state index in [0.29, 0.717) is 17.1 Å². The number of carbonyl (C=O) groups excluding carboxylic acids is 1. The van der Waals surface area contributed by atoms with Gasteiger partial charge < -0.3 is 9.47 Å². The largest absolute Gasteiger partial charge is 0.493 e. The molecule has 96 valence electrons. The number of methoxy groups -OCH3 is 2. The summed E-state index contributed by atoms with van der Waals surface area (Å²) in [6, 6.07) is 4.75. The predicted molar refractivity (Wildman–Crippen MR) is 71.1 cm³/mol. The van der Waals surface area contributed by atoms with Gasteiger partial charge in [0.25, 0.3) is 5.24 Å². The van der Waals surface area contributed by atoms with Crippen LogP contribution in [0.15, 0.2) is 18.2 Å². The van der Waals surface area contributed by atoms with E-state index < -0.39 is 9.54 Å². The van der Waals surface area contributed by atoms with E-state index in [1.807, 2.05) is 0 Å². The molecular weight excluding hydrogens is 310 g/mol. The predicted octanol–water partition coefficient (Wildman–Crippen LogP) is 4.07. The van der Waals surface area contributed by atoms with Crippen molar-refractivity contribution in [3.05, 3.63) is 23.8 Å². The summed E-state index contributed by atoms with van der Waals surface area (Å²) in [5, 5.41) is -0.513. The van der Waals surface area contributed by atoms with Crippen molar-refractivity contribution in [3.63, 3.8) is 0 Å². The molecule has 0 atom stereocenters. The minimum absolute atomic E-state index is 0.388. The number of rotatable bonds is 3. The Morgan fingerprint density at radius 1 is 1.12 bits per heavy atom. The lowest BCUT2D eigenvalue weighted by atomic mass is 10.2. The molecule has 17 heavy (non-hydrogen) atoms. The lowest BCUT2D eigenvalue weighted by Crippen LogP contribution is -1.94. The van der Waals surface area contributed by atoms with Gasteiger partial charge in [0.2, 0.25) is 0 Å². The first-order valence-corrected chi connectivity index (χ1v) is 5.95. The third-order valence-electron chi connectivity index (χ3n) is 1.61. The Bertz CT molecular complexity index is 366. The Kier molecular flexibility index (Phi) is 8.52. The van der Waals surface area contributed by atoms with Crippen molar-refractivity contribution < 1.29 is 14.3 Å². The smallest absolute Gasteiger partial charge is 0.252 e. The molecule has 0 aliphatic heterocycles. The van der Waals surface area contributed by atoms with Crippen LogP contribution in [-0.4, -0.2) is 23.8 Å². The van der Waals surface area contributed by atoms with Gasteiger partial charge in [-0.25, -0.2) is 0 Å². The molecule has 1 aromatic carbocycles. The average molecular weight is 320 g/mol. The molecule has 0 N–H and O–H groups in total. The summed E-state index contributed by atoms with van der Waals surface area (Å²) >= 11 is 19.7. The highest BCUT2D eigenvalue weighted by molar-refractivity contribution is 6.67. The minimum Gasteiger partial charge on any atom is -0.493 e. The molecule has 0 fully saturated rings. The van der Waals surface area contributed by atoms with Gasteiger partial charge in [0.1, 0.15) is 0 Å². The van der Waals surface area contributed by atoms with Gasteiger partial charge in [0.15, 0.2) is 15.8 Å². The van der Waals surface area contributed by atoms with E-state index >= 15 is 0 Å². The average Bonchev–Trinajstić information content (AvgIpc) is 2.27. The van der Waals surface area contributed by atoms with E-state index in [9.17, 15) is 4.79 Å². The number of halogens is 4. The molecule has 3 nitrogen and oxygen atoms in total. The molecule has 1 aromatic rings. The maximum absolute atomic E-state index is 10.8. The molecular formula is C10H10Cl4O3. The van der Waals surface area contributed by atoms with Gasteiger partial charge >= 0.3 is 0 Å². The van der Waals surface area contributed by atoms with Crippen LogP contribution in [0.2, 0.25) is 0 Å². The zero-order chi connectivity index (χ0) is 13.4. The molecule has 0 bridgehead atoms. The van der Waals surface area contributed by atoms with Crippen LogP contribution in [0.4, 0.5) is 0 Å². The second-order valence-electron chi connectivity index (χ2n) is 2.59. The van der Waals surface area contributed by atoms with Gasteiger partial charge in [-0.15, -0.1) is 0 Å². The van der Waals surface area contributed by atoms with Crippen LogP contribution in [0.5, 0.6) is 11.5 Å². The number of carbonyl (C=O) groups is 1. The van der Waals surface area contributed by atoms with Gasteiger partial charge in [0, 0.05) is 5.56 Å². The quantitative estimate of drug-likeness (QED) is 0.622. The summed E-state index contributed by atoms with van der Waals surface area (Å²) in [7, 11) is 3.03. The lowest BCUT2D eigenvalue weighted by Gasteiger charge is -2.07. The van der Waals surface area contributed by atoms with Crippen LogP contribution in [0.1, 0.15) is 10.4 Å². The van der Waals surface area contributed by atoms with Crippen LogP contribution >= 0.6 is 46.4 Å². The first kappa shape index (κ1) is 16.6. The van der Waals surface area contributed by atoms with Crippen molar-refractivity contribution in [3.8, 4) is 11.5 Å². The highest BCUT2D eigenvalue weighted by Gasteiger charge is 2.07. The second kappa shape index (κ2) is 8.70. The normalized spacial score (nSPS) is 9.35. The van der Waals surface area contributed by atoms with Crippen LogP contribution in [0.3, 0.4) is 0 Å². The summed E-state index contributed by atoms with van der Waals surface area (Å²) in [6.45, 7) is 0. The van der Waals surface area contributed by atoms with Crippen LogP contribution < -0.4 is 9.47 Å². The number of hydrogen-bond donors (Lipinski definition) is 0. The van der Waals surface area contributed by atoms with Crippen molar-refractivity contribution in [2.24, 2.45) is 0 Å². The van der Waals surface area contributed by atoms with Gasteiger partial charge in [0.05, 0.1) is 14.2 Å². The van der Waals surface area contributed by atoms with E-state index in [4.69, 9.17) is 55.9 Å². The third kappa shape index (κ3) is 6.84. The molecule has 0 aliphatic rings. The molecule has 0 saturated heterocycles. The van der Waals surface area contributed by atoms with Crippen LogP contribution in [0, 0.1) is 0 Å². The van der Waals surface area contributed by atoms with E-state index in [0.717, 1.165) is 0 Å². The van der Waals surface area contributed by atoms with Crippen molar-refractivity contribution in [1.29, 1.82) is 0 Å². The van der Waals surface area contributed by atoms with E-state index in [1.165, 1.54) is 20.3 Å². The molecule has 7 heteroatoms. The van der Waals surface area contributed by atoms with Crippen molar-refractivity contribution in [1.82, 2.24) is 0 Å². The van der Waals surface area contributed by atoms with Gasteiger partial charge in [-0.05, 0) is 29.8 Å². The number of ether oxygens (including phenoxy) is 2. The monoisotopic (exact) mass is 318 g/mol. The number of hydrogen-bond acceptors (Lipinski definition) is 3. The Morgan fingerprint density at radius 2 is 1.59 bits per heavy atom. The van der Waals surface area contributed by atoms with E-state index in [1.54, 1.807) is 12.1 Å². The standard InChI is InChI=1S/C9H9ClO3.CHCl3/c1-12-7-4-3-6(9(10)11)5-8(7)13-2;2-1(3)4/h3-5H,1-2H3;1H. The second-order valence-corrected chi connectivity index (χ2v) is 4.91. The first-order chi connectivity index (χ1) is 7.92. The number of alkyl halides is 3. The molecule has 0 amide bonds. The molecule has 0 heterocycles. The van der Waals surface area contributed by atoms with Crippen molar-refractivity contribution >= 4 is 51.6 Å². The number of benzene rings is 1. The highest BCUT2D eigenvalue weighted by Crippen LogP contribution is 2.27. The Hall–Kier alpha value is -0.350. The maximum atomic E-state index is 10.8. The fourth-order valence-electron chi connectivity index (χ4n) is 0.958. The van der Waals surface area contributed by atoms with Crippen molar-refractivity contribution in [2.75, 3.05) is 14.2 Å². The van der Waals surface area contributed by atoms with E-state index in [2.05, 4.69) is 0 Å². The molecule has 0 aromatic heterocycles. The fourth-order valence-corrected chi connectivity index (χ4v) is 1.08. The summed E-state index contributed by atoms with van der Waals surface area (Å²) in [5.74, 6) is 1.07. The molecule has 0 saturated carbocycles. The SMILES string of the molecule is COc1ccc(C(=O)Cl)cc1OC.ClC(Cl)Cl. The summed E-state index contributed by atoms with van der Waals surface area (Å²) in [6.07, 6.45) is 0. The molecule has 0 spiro atoms. The molecule has 0 unspecified atom stereocenters. The molecule has 1 rings (SSSR count). The zero-order valence-electron chi connectivity index (χ0n) is 9.05. The van der Waals surface area contributed by atoms with Crippen LogP contribution in [0.25, 0.3) is 0 Å². The zero-order valence-corrected chi connectivity index (χ0v) is 12.1. The topological polar surface area (TPSA) is 35.5 Å². The first-order valence-electron chi connectivity index (χ1n) is 4.26. The van der Waals surface area contributed by atoms with Gasteiger partial charge in [-0.1, -0.05) is 34.8 Å². The lowest BCUT2D eigenvalue weighted by molar-refractivity contribution is 0.108. The Labute approximate surface area is 119 Å². The van der Waals surface area contributed by atoms with Crippen molar-refractivity contribution in [2.45, 2.75) is 4.30 Å². The van der Waals surface area contributed by atoms with Gasteiger partial charge in [-0.3, -0.25) is 4.79 Å². The summed E-state index contributed by atoms with van der Waals surface area (Å²) in [4.78, 5) is 10.8. The fraction of sp³-hybridized carbons (Fsp3) is 0.300. The Balaban J connectivity index is 0.000000557. The third-order valence-corrected chi connectivity index (χ3v) is 1.83. The summed E-state index contributed by atoms with van der Waals surface area (Å²) in [5.41, 5.74) is 0.388.